The number of hydrogen-bond donors (Lipinski definition) is 7. The average molecular weight is 312 g/mol. The number of carboxylic acid groups (broad SMARTS) is 3. The maximum atomic E-state index is 10.6. The van der Waals surface area contributed by atoms with Crippen LogP contribution in [0.1, 0.15) is 19.8 Å². The van der Waals surface area contributed by atoms with Crippen molar-refractivity contribution in [1.29, 1.82) is 0 Å². The first-order valence-corrected chi connectivity index (χ1v) is 5.86. The number of carbonyl (C=O) groups is 3. The molecule has 0 aliphatic heterocycles. The Balaban J connectivity index is 0. The van der Waals surface area contributed by atoms with E-state index < -0.39 is 48.7 Å². The van der Waals surface area contributed by atoms with E-state index in [0.717, 1.165) is 0 Å². The van der Waals surface area contributed by atoms with E-state index in [9.17, 15) is 14.4 Å². The average Bonchev–Trinajstić information content (AvgIpc) is 2.43. The van der Waals surface area contributed by atoms with E-state index in [4.69, 9.17) is 35.7 Å². The van der Waals surface area contributed by atoms with Gasteiger partial charge in [-0.3, -0.25) is 4.79 Å². The van der Waals surface area contributed by atoms with Crippen molar-refractivity contribution in [3.05, 3.63) is 0 Å². The van der Waals surface area contributed by atoms with Crippen LogP contribution < -0.4 is 0 Å². The molecule has 10 heteroatoms. The Kier molecular flexibility index (Phi) is 10.3. The van der Waals surface area contributed by atoms with Gasteiger partial charge in [0.1, 0.15) is 5.41 Å². The third-order valence-electron chi connectivity index (χ3n) is 2.59. The van der Waals surface area contributed by atoms with Crippen LogP contribution in [0.4, 0.5) is 0 Å². The summed E-state index contributed by atoms with van der Waals surface area (Å²) in [6.07, 6.45) is -3.60. The smallest absolute Gasteiger partial charge is 0.335 e. The third kappa shape index (κ3) is 6.99. The lowest BCUT2D eigenvalue weighted by Gasteiger charge is -2.23. The van der Waals surface area contributed by atoms with E-state index in [0.29, 0.717) is 12.8 Å². The third-order valence-corrected chi connectivity index (χ3v) is 2.59. The van der Waals surface area contributed by atoms with E-state index in [-0.39, 0.29) is 0 Å². The normalized spacial score (nSPS) is 13.6. The van der Waals surface area contributed by atoms with Gasteiger partial charge in [-0.15, -0.1) is 0 Å². The molecule has 0 aliphatic rings. The van der Waals surface area contributed by atoms with Gasteiger partial charge in [0, 0.05) is 0 Å². The lowest BCUT2D eigenvalue weighted by atomic mass is 9.85. The summed E-state index contributed by atoms with van der Waals surface area (Å²) in [4.78, 5) is 30.1. The maximum absolute atomic E-state index is 10.6. The Labute approximate surface area is 119 Å². The summed E-state index contributed by atoms with van der Waals surface area (Å²) in [5.74, 6) is -4.67. The molecule has 0 saturated carbocycles. The Hall–Kier alpha value is -1.75. The zero-order valence-electron chi connectivity index (χ0n) is 11.3. The fraction of sp³-hybridized carbons (Fsp3) is 0.727. The van der Waals surface area contributed by atoms with Crippen LogP contribution in [-0.4, -0.2) is 79.1 Å². The van der Waals surface area contributed by atoms with Gasteiger partial charge in [0.2, 0.25) is 0 Å². The van der Waals surface area contributed by atoms with Crippen LogP contribution in [0.2, 0.25) is 0 Å². The number of aliphatic hydroxyl groups is 4. The minimum absolute atomic E-state index is 0.301. The molecule has 0 bridgehead atoms. The van der Waals surface area contributed by atoms with Gasteiger partial charge >= 0.3 is 17.9 Å². The SMILES string of the molecule is CCCC(CO)(CO)C(=O)O.O=C(O)C(O)C(O)C(=O)O. The zero-order valence-corrected chi connectivity index (χ0v) is 11.3. The predicted molar refractivity (Wildman–Crippen MR) is 66.4 cm³/mol. The van der Waals surface area contributed by atoms with Crippen molar-refractivity contribution in [3.63, 3.8) is 0 Å². The summed E-state index contributed by atoms with van der Waals surface area (Å²) < 4.78 is 0. The lowest BCUT2D eigenvalue weighted by Crippen LogP contribution is -2.39. The zero-order chi connectivity index (χ0) is 17.2. The molecule has 0 fully saturated rings. The highest BCUT2D eigenvalue weighted by Gasteiger charge is 2.36. The minimum Gasteiger partial charge on any atom is -0.481 e. The Morgan fingerprint density at radius 2 is 1.24 bits per heavy atom. The Morgan fingerprint density at radius 3 is 1.33 bits per heavy atom. The van der Waals surface area contributed by atoms with Crippen LogP contribution >= 0.6 is 0 Å². The Morgan fingerprint density at radius 1 is 0.905 bits per heavy atom. The molecule has 124 valence electrons. The molecule has 0 aliphatic carbocycles. The van der Waals surface area contributed by atoms with Gasteiger partial charge in [0.05, 0.1) is 13.2 Å². The number of aliphatic carboxylic acids is 3. The second-order valence-corrected chi connectivity index (χ2v) is 4.22. The molecule has 0 aromatic carbocycles. The van der Waals surface area contributed by atoms with Crippen molar-refractivity contribution < 1.29 is 50.1 Å². The molecule has 0 aromatic heterocycles. The van der Waals surface area contributed by atoms with Crippen molar-refractivity contribution in [2.24, 2.45) is 5.41 Å². The van der Waals surface area contributed by atoms with Crippen LogP contribution in [0.25, 0.3) is 0 Å². The highest BCUT2D eigenvalue weighted by Crippen LogP contribution is 2.22. The molecule has 2 unspecified atom stereocenters. The van der Waals surface area contributed by atoms with Crippen molar-refractivity contribution in [1.82, 2.24) is 0 Å². The fourth-order valence-electron chi connectivity index (χ4n) is 1.20. The van der Waals surface area contributed by atoms with Crippen molar-refractivity contribution >= 4 is 17.9 Å². The first-order chi connectivity index (χ1) is 9.59. The fourth-order valence-corrected chi connectivity index (χ4v) is 1.20. The highest BCUT2D eigenvalue weighted by atomic mass is 16.4. The first-order valence-electron chi connectivity index (χ1n) is 5.86. The highest BCUT2D eigenvalue weighted by molar-refractivity contribution is 5.83. The molecule has 7 N–H and O–H groups in total. The molecule has 0 amide bonds. The van der Waals surface area contributed by atoms with E-state index in [1.807, 2.05) is 6.92 Å². The predicted octanol–water partition coefficient (Wildman–Crippen LogP) is -2.28. The molecular weight excluding hydrogens is 292 g/mol. The van der Waals surface area contributed by atoms with Crippen LogP contribution in [0, 0.1) is 5.41 Å². The number of carboxylic acids is 3. The quantitative estimate of drug-likeness (QED) is 0.256. The summed E-state index contributed by atoms with van der Waals surface area (Å²) in [5.41, 5.74) is -1.34. The van der Waals surface area contributed by atoms with Crippen molar-refractivity contribution in [2.75, 3.05) is 13.2 Å². The lowest BCUT2D eigenvalue weighted by molar-refractivity contribution is -0.165. The molecular formula is C11H20O10. The second-order valence-electron chi connectivity index (χ2n) is 4.22. The number of rotatable bonds is 8. The number of aliphatic hydroxyl groups excluding tert-OH is 4. The molecule has 0 aromatic rings. The summed E-state index contributed by atoms with van der Waals surface area (Å²) in [5, 5.41) is 58.6. The van der Waals surface area contributed by atoms with Crippen molar-refractivity contribution in [2.45, 2.75) is 32.0 Å². The largest absolute Gasteiger partial charge is 0.481 e. The van der Waals surface area contributed by atoms with Gasteiger partial charge in [0.25, 0.3) is 0 Å². The summed E-state index contributed by atoms with van der Waals surface area (Å²) >= 11 is 0. The minimum atomic E-state index is -2.27. The van der Waals surface area contributed by atoms with Crippen LogP contribution in [-0.2, 0) is 14.4 Å². The maximum Gasteiger partial charge on any atom is 0.335 e. The Bertz CT molecular complexity index is 331. The van der Waals surface area contributed by atoms with Crippen molar-refractivity contribution in [3.8, 4) is 0 Å². The molecule has 0 radical (unpaired) electrons. The van der Waals surface area contributed by atoms with Crippen LogP contribution in [0.5, 0.6) is 0 Å². The molecule has 21 heavy (non-hydrogen) atoms. The van der Waals surface area contributed by atoms with E-state index in [1.165, 1.54) is 0 Å². The van der Waals surface area contributed by atoms with E-state index in [1.54, 1.807) is 0 Å². The standard InChI is InChI=1S/C7H14O4.C4H6O6/c1-2-3-7(4-8,5-9)6(10)11;5-1(3(7)8)2(6)4(9)10/h8-9H,2-5H2,1H3,(H,10,11);1-2,5-6H,(H,7,8)(H,9,10). The number of hydrogen-bond acceptors (Lipinski definition) is 7. The molecule has 0 heterocycles. The monoisotopic (exact) mass is 312 g/mol. The van der Waals surface area contributed by atoms with Crippen LogP contribution in [0.3, 0.4) is 0 Å². The van der Waals surface area contributed by atoms with Gasteiger partial charge < -0.3 is 35.7 Å². The molecule has 2 atom stereocenters. The second kappa shape index (κ2) is 10.0. The van der Waals surface area contributed by atoms with Gasteiger partial charge in [-0.1, -0.05) is 13.3 Å². The molecule has 0 spiro atoms. The summed E-state index contributed by atoms with van der Waals surface area (Å²) in [6, 6.07) is 0. The molecule has 10 nitrogen and oxygen atoms in total. The van der Waals surface area contributed by atoms with Gasteiger partial charge in [0.15, 0.2) is 12.2 Å². The van der Waals surface area contributed by atoms with Crippen LogP contribution in [0.15, 0.2) is 0 Å². The van der Waals surface area contributed by atoms with Gasteiger partial charge in [-0.25, -0.2) is 9.59 Å². The molecule has 0 saturated heterocycles. The topological polar surface area (TPSA) is 193 Å². The van der Waals surface area contributed by atoms with Gasteiger partial charge in [-0.05, 0) is 6.42 Å². The van der Waals surface area contributed by atoms with E-state index in [2.05, 4.69) is 0 Å². The van der Waals surface area contributed by atoms with E-state index >= 15 is 0 Å². The summed E-state index contributed by atoms with van der Waals surface area (Å²) in [6.45, 7) is 0.794. The molecule has 0 rings (SSSR count). The first kappa shape index (κ1) is 21.5. The summed E-state index contributed by atoms with van der Waals surface area (Å²) in [7, 11) is 0. The van der Waals surface area contributed by atoms with Gasteiger partial charge in [-0.2, -0.15) is 0 Å².